The summed E-state index contributed by atoms with van der Waals surface area (Å²) < 4.78 is 5.47. The number of alkyl halides is 2. The SMILES string of the molecule is Cc1ccc(OC(C)(I)I)cc1. The first-order valence-electron chi connectivity index (χ1n) is 3.61. The summed E-state index contributed by atoms with van der Waals surface area (Å²) in [5.74, 6) is 0.923. The normalized spacial score (nSPS) is 11.3. The van der Waals surface area contributed by atoms with E-state index in [9.17, 15) is 0 Å². The van der Waals surface area contributed by atoms with Crippen LogP contribution in [0.5, 0.6) is 5.75 Å². The maximum absolute atomic E-state index is 5.63. The minimum atomic E-state index is -0.162. The number of ether oxygens (including phenoxy) is 1. The Hall–Kier alpha value is 0.480. The van der Waals surface area contributed by atoms with Crippen LogP contribution in [0, 0.1) is 6.92 Å². The Morgan fingerprint density at radius 2 is 1.67 bits per heavy atom. The fourth-order valence-electron chi connectivity index (χ4n) is 0.813. The molecule has 3 heteroatoms. The fourth-order valence-corrected chi connectivity index (χ4v) is 1.32. The Balaban J connectivity index is 2.71. The van der Waals surface area contributed by atoms with Gasteiger partial charge in [0.25, 0.3) is 0 Å². The summed E-state index contributed by atoms with van der Waals surface area (Å²) in [4.78, 5) is 0. The molecule has 0 saturated heterocycles. The highest BCUT2D eigenvalue weighted by Crippen LogP contribution is 2.30. The molecule has 0 aromatic heterocycles. The lowest BCUT2D eigenvalue weighted by molar-refractivity contribution is 0.308. The van der Waals surface area contributed by atoms with Crippen LogP contribution in [0.1, 0.15) is 12.5 Å². The zero-order chi connectivity index (χ0) is 9.19. The molecule has 0 bridgehead atoms. The predicted octanol–water partition coefficient (Wildman–Crippen LogP) is 3.92. The summed E-state index contributed by atoms with van der Waals surface area (Å²) in [6.07, 6.45) is 0. The Kier molecular flexibility index (Phi) is 3.63. The van der Waals surface area contributed by atoms with Gasteiger partial charge in [-0.2, -0.15) is 0 Å². The third-order valence-corrected chi connectivity index (χ3v) is 1.76. The monoisotopic (exact) mass is 388 g/mol. The number of rotatable bonds is 2. The number of halogens is 2. The molecule has 66 valence electrons. The van der Waals surface area contributed by atoms with Crippen LogP contribution in [0.15, 0.2) is 24.3 Å². The lowest BCUT2D eigenvalue weighted by atomic mass is 10.2. The van der Waals surface area contributed by atoms with Crippen molar-refractivity contribution in [1.82, 2.24) is 0 Å². The van der Waals surface area contributed by atoms with Crippen molar-refractivity contribution in [2.75, 3.05) is 0 Å². The molecule has 0 unspecified atom stereocenters. The van der Waals surface area contributed by atoms with Gasteiger partial charge in [-0.25, -0.2) is 0 Å². The van der Waals surface area contributed by atoms with E-state index in [0.29, 0.717) is 0 Å². The summed E-state index contributed by atoms with van der Waals surface area (Å²) in [6.45, 7) is 4.09. The number of hydrogen-bond acceptors (Lipinski definition) is 1. The topological polar surface area (TPSA) is 9.23 Å². The van der Waals surface area contributed by atoms with Crippen LogP contribution >= 0.6 is 45.2 Å². The highest BCUT2D eigenvalue weighted by Gasteiger charge is 2.15. The lowest BCUT2D eigenvalue weighted by Gasteiger charge is -2.17. The Morgan fingerprint density at radius 3 is 2.08 bits per heavy atom. The molecule has 0 fully saturated rings. The molecular formula is C9H10I2O. The van der Waals surface area contributed by atoms with Crippen LogP contribution in [0.3, 0.4) is 0 Å². The number of aryl methyl sites for hydroxylation is 1. The summed E-state index contributed by atoms with van der Waals surface area (Å²) in [6, 6.07) is 8.08. The van der Waals surface area contributed by atoms with E-state index < -0.39 is 0 Å². The summed E-state index contributed by atoms with van der Waals surface area (Å²) in [5.41, 5.74) is 1.26. The van der Waals surface area contributed by atoms with Crippen molar-refractivity contribution in [1.29, 1.82) is 0 Å². The van der Waals surface area contributed by atoms with Crippen molar-refractivity contribution in [3.8, 4) is 5.75 Å². The van der Waals surface area contributed by atoms with E-state index in [4.69, 9.17) is 4.74 Å². The number of benzene rings is 1. The van der Waals surface area contributed by atoms with Crippen molar-refractivity contribution < 1.29 is 4.74 Å². The molecule has 0 amide bonds. The van der Waals surface area contributed by atoms with Crippen molar-refractivity contribution >= 4 is 45.2 Å². The van der Waals surface area contributed by atoms with Gasteiger partial charge in [-0.05, 0) is 71.2 Å². The summed E-state index contributed by atoms with van der Waals surface area (Å²) in [5, 5.41) is 0. The van der Waals surface area contributed by atoms with Gasteiger partial charge in [0.1, 0.15) is 5.75 Å². The average molecular weight is 388 g/mol. The van der Waals surface area contributed by atoms with E-state index in [1.165, 1.54) is 5.56 Å². The molecule has 0 N–H and O–H groups in total. The smallest absolute Gasteiger partial charge is 0.206 e. The van der Waals surface area contributed by atoms with Gasteiger partial charge in [0, 0.05) is 0 Å². The zero-order valence-corrected chi connectivity index (χ0v) is 11.3. The lowest BCUT2D eigenvalue weighted by Crippen LogP contribution is -2.13. The van der Waals surface area contributed by atoms with Crippen LogP contribution < -0.4 is 4.74 Å². The first-order valence-corrected chi connectivity index (χ1v) is 5.77. The van der Waals surface area contributed by atoms with Crippen LogP contribution in [-0.4, -0.2) is 1.61 Å². The van der Waals surface area contributed by atoms with E-state index in [2.05, 4.69) is 52.1 Å². The Labute approximate surface area is 100 Å². The summed E-state index contributed by atoms with van der Waals surface area (Å²) >= 11 is 4.51. The van der Waals surface area contributed by atoms with Crippen molar-refractivity contribution in [3.63, 3.8) is 0 Å². The predicted molar refractivity (Wildman–Crippen MR) is 68.3 cm³/mol. The second-order valence-electron chi connectivity index (χ2n) is 2.72. The maximum Gasteiger partial charge on any atom is 0.206 e. The molecule has 1 aromatic carbocycles. The van der Waals surface area contributed by atoms with E-state index in [1.54, 1.807) is 0 Å². The van der Waals surface area contributed by atoms with Crippen molar-refractivity contribution in [3.05, 3.63) is 29.8 Å². The van der Waals surface area contributed by atoms with Gasteiger partial charge in [-0.15, -0.1) is 0 Å². The largest absolute Gasteiger partial charge is 0.468 e. The average Bonchev–Trinajstić information content (AvgIpc) is 1.91. The van der Waals surface area contributed by atoms with Gasteiger partial charge in [-0.1, -0.05) is 17.7 Å². The minimum Gasteiger partial charge on any atom is -0.468 e. The molecule has 0 aliphatic rings. The van der Waals surface area contributed by atoms with Gasteiger partial charge in [0.05, 0.1) is 0 Å². The molecule has 0 aliphatic carbocycles. The Bertz CT molecular complexity index is 248. The molecule has 1 rings (SSSR count). The maximum atomic E-state index is 5.63. The van der Waals surface area contributed by atoms with Crippen molar-refractivity contribution in [2.45, 2.75) is 15.5 Å². The third kappa shape index (κ3) is 3.93. The van der Waals surface area contributed by atoms with E-state index >= 15 is 0 Å². The second-order valence-corrected chi connectivity index (χ2v) is 8.90. The molecule has 0 heterocycles. The first-order chi connectivity index (χ1) is 5.47. The molecule has 1 aromatic rings. The third-order valence-electron chi connectivity index (χ3n) is 1.32. The molecule has 0 radical (unpaired) electrons. The molecule has 1 nitrogen and oxygen atoms in total. The van der Waals surface area contributed by atoms with E-state index in [-0.39, 0.29) is 1.61 Å². The minimum absolute atomic E-state index is 0.162. The molecule has 0 saturated carbocycles. The van der Waals surface area contributed by atoms with E-state index in [1.807, 2.05) is 31.2 Å². The van der Waals surface area contributed by atoms with Gasteiger partial charge >= 0.3 is 0 Å². The fraction of sp³-hybridized carbons (Fsp3) is 0.333. The Morgan fingerprint density at radius 1 is 1.17 bits per heavy atom. The highest BCUT2D eigenvalue weighted by molar-refractivity contribution is 14.2. The van der Waals surface area contributed by atoms with Gasteiger partial charge in [0.15, 0.2) is 0 Å². The van der Waals surface area contributed by atoms with Crippen LogP contribution in [0.4, 0.5) is 0 Å². The van der Waals surface area contributed by atoms with Crippen molar-refractivity contribution in [2.24, 2.45) is 0 Å². The second kappa shape index (κ2) is 4.13. The number of hydrogen-bond donors (Lipinski definition) is 0. The van der Waals surface area contributed by atoms with E-state index in [0.717, 1.165) is 5.75 Å². The van der Waals surface area contributed by atoms with Crippen LogP contribution in [-0.2, 0) is 0 Å². The van der Waals surface area contributed by atoms with Crippen LogP contribution in [0.2, 0.25) is 0 Å². The molecule has 0 spiro atoms. The molecule has 0 aliphatic heterocycles. The summed E-state index contributed by atoms with van der Waals surface area (Å²) in [7, 11) is 0. The standard InChI is InChI=1S/C9H10I2O/c1-7-3-5-8(6-4-7)12-9(2,10)11/h3-6H,1-2H3. The molecule has 0 atom stereocenters. The van der Waals surface area contributed by atoms with Crippen LogP contribution in [0.25, 0.3) is 0 Å². The zero-order valence-electron chi connectivity index (χ0n) is 6.97. The first kappa shape index (κ1) is 10.6. The highest BCUT2D eigenvalue weighted by atomic mass is 127. The quantitative estimate of drug-likeness (QED) is 0.552. The molecular weight excluding hydrogens is 378 g/mol. The van der Waals surface area contributed by atoms with Gasteiger partial charge < -0.3 is 4.74 Å². The molecule has 12 heavy (non-hydrogen) atoms. The van der Waals surface area contributed by atoms with Gasteiger partial charge in [-0.3, -0.25) is 0 Å². The van der Waals surface area contributed by atoms with Gasteiger partial charge in [0.2, 0.25) is 1.61 Å².